The SMILES string of the molecule is CC(C)CC(=O)NC(C(=O)N1CCN(Cc2ccccc2)CC1)c1ccccc1. The van der Waals surface area contributed by atoms with Crippen LogP contribution in [-0.4, -0.2) is 47.8 Å². The minimum atomic E-state index is -0.622. The molecular formula is C24H31N3O2. The van der Waals surface area contributed by atoms with Crippen molar-refractivity contribution < 1.29 is 9.59 Å². The van der Waals surface area contributed by atoms with Crippen molar-refractivity contribution >= 4 is 11.8 Å². The van der Waals surface area contributed by atoms with Crippen LogP contribution in [0.3, 0.4) is 0 Å². The molecule has 1 heterocycles. The van der Waals surface area contributed by atoms with Gasteiger partial charge in [-0.1, -0.05) is 74.5 Å². The Morgan fingerprint density at radius 2 is 1.48 bits per heavy atom. The normalized spacial score (nSPS) is 15.9. The van der Waals surface area contributed by atoms with Crippen molar-refractivity contribution in [2.75, 3.05) is 26.2 Å². The molecule has 3 rings (SSSR count). The zero-order chi connectivity index (χ0) is 20.6. The van der Waals surface area contributed by atoms with Crippen molar-refractivity contribution in [3.05, 3.63) is 71.8 Å². The Morgan fingerprint density at radius 1 is 0.897 bits per heavy atom. The highest BCUT2D eigenvalue weighted by atomic mass is 16.2. The van der Waals surface area contributed by atoms with Crippen LogP contribution in [0.25, 0.3) is 0 Å². The van der Waals surface area contributed by atoms with Crippen molar-refractivity contribution in [3.63, 3.8) is 0 Å². The van der Waals surface area contributed by atoms with E-state index in [0.717, 1.165) is 25.2 Å². The molecule has 1 unspecified atom stereocenters. The highest BCUT2D eigenvalue weighted by molar-refractivity contribution is 5.88. The Labute approximate surface area is 173 Å². The molecule has 2 aromatic carbocycles. The molecule has 5 heteroatoms. The molecule has 0 saturated carbocycles. The minimum absolute atomic E-state index is 0.0207. The van der Waals surface area contributed by atoms with E-state index in [1.807, 2.05) is 55.1 Å². The fourth-order valence-corrected chi connectivity index (χ4v) is 3.67. The van der Waals surface area contributed by atoms with Crippen LogP contribution in [0, 0.1) is 5.92 Å². The number of hydrogen-bond acceptors (Lipinski definition) is 3. The number of hydrogen-bond donors (Lipinski definition) is 1. The molecule has 154 valence electrons. The van der Waals surface area contributed by atoms with Gasteiger partial charge >= 0.3 is 0 Å². The number of benzene rings is 2. The topological polar surface area (TPSA) is 52.7 Å². The van der Waals surface area contributed by atoms with Crippen molar-refractivity contribution in [1.82, 2.24) is 15.1 Å². The Hall–Kier alpha value is -2.66. The number of piperazine rings is 1. The second-order valence-corrected chi connectivity index (χ2v) is 8.10. The van der Waals surface area contributed by atoms with Crippen LogP contribution in [0.5, 0.6) is 0 Å². The monoisotopic (exact) mass is 393 g/mol. The van der Waals surface area contributed by atoms with Gasteiger partial charge in [-0.2, -0.15) is 0 Å². The van der Waals surface area contributed by atoms with Crippen LogP contribution in [0.4, 0.5) is 0 Å². The number of carbonyl (C=O) groups excluding carboxylic acids is 2. The first kappa shape index (κ1) is 21.1. The molecule has 0 radical (unpaired) electrons. The largest absolute Gasteiger partial charge is 0.341 e. The molecule has 1 aliphatic heterocycles. The van der Waals surface area contributed by atoms with Crippen molar-refractivity contribution in [1.29, 1.82) is 0 Å². The molecule has 1 fully saturated rings. The van der Waals surface area contributed by atoms with Crippen LogP contribution >= 0.6 is 0 Å². The lowest BCUT2D eigenvalue weighted by Gasteiger charge is -2.36. The molecule has 2 aromatic rings. The van der Waals surface area contributed by atoms with Crippen LogP contribution in [0.15, 0.2) is 60.7 Å². The van der Waals surface area contributed by atoms with Gasteiger partial charge in [0.25, 0.3) is 0 Å². The molecule has 1 atom stereocenters. The van der Waals surface area contributed by atoms with Crippen molar-refractivity contribution in [2.45, 2.75) is 32.9 Å². The quantitative estimate of drug-likeness (QED) is 0.786. The summed E-state index contributed by atoms with van der Waals surface area (Å²) in [5, 5.41) is 2.97. The summed E-state index contributed by atoms with van der Waals surface area (Å²) in [6.07, 6.45) is 0.418. The Balaban J connectivity index is 1.63. The van der Waals surface area contributed by atoms with Crippen LogP contribution in [0.1, 0.15) is 37.4 Å². The number of amides is 2. The Morgan fingerprint density at radius 3 is 2.07 bits per heavy atom. The average Bonchev–Trinajstić information content (AvgIpc) is 2.73. The van der Waals surface area contributed by atoms with E-state index in [0.29, 0.717) is 19.5 Å². The highest BCUT2D eigenvalue weighted by Gasteiger charge is 2.29. The zero-order valence-electron chi connectivity index (χ0n) is 17.4. The maximum absolute atomic E-state index is 13.3. The number of carbonyl (C=O) groups is 2. The molecule has 0 aliphatic carbocycles. The standard InChI is InChI=1S/C24H31N3O2/c1-19(2)17-22(28)25-23(21-11-7-4-8-12-21)24(29)27-15-13-26(14-16-27)18-20-9-5-3-6-10-20/h3-12,19,23H,13-18H2,1-2H3,(H,25,28). The predicted molar refractivity (Wildman–Crippen MR) is 115 cm³/mol. The summed E-state index contributed by atoms with van der Waals surface area (Å²) in [4.78, 5) is 29.9. The van der Waals surface area contributed by atoms with E-state index in [-0.39, 0.29) is 17.7 Å². The van der Waals surface area contributed by atoms with Gasteiger partial charge in [-0.3, -0.25) is 14.5 Å². The molecule has 2 amide bonds. The first-order valence-corrected chi connectivity index (χ1v) is 10.4. The minimum Gasteiger partial charge on any atom is -0.341 e. The number of rotatable bonds is 7. The fraction of sp³-hybridized carbons (Fsp3) is 0.417. The molecular weight excluding hydrogens is 362 g/mol. The summed E-state index contributed by atoms with van der Waals surface area (Å²) in [5.41, 5.74) is 2.12. The molecule has 5 nitrogen and oxygen atoms in total. The third kappa shape index (κ3) is 6.16. The van der Waals surface area contributed by atoms with Gasteiger partial charge in [0.1, 0.15) is 6.04 Å². The Kier molecular flexibility index (Phi) is 7.42. The molecule has 1 N–H and O–H groups in total. The summed E-state index contributed by atoms with van der Waals surface area (Å²) in [7, 11) is 0. The maximum atomic E-state index is 13.3. The lowest BCUT2D eigenvalue weighted by molar-refractivity contribution is -0.138. The second kappa shape index (κ2) is 10.2. The molecule has 0 spiro atoms. The van der Waals surface area contributed by atoms with E-state index in [1.54, 1.807) is 0 Å². The third-order valence-electron chi connectivity index (χ3n) is 5.21. The van der Waals surface area contributed by atoms with Crippen molar-refractivity contribution in [2.24, 2.45) is 5.92 Å². The second-order valence-electron chi connectivity index (χ2n) is 8.10. The van der Waals surface area contributed by atoms with E-state index in [9.17, 15) is 9.59 Å². The average molecular weight is 394 g/mol. The van der Waals surface area contributed by atoms with E-state index in [2.05, 4.69) is 34.5 Å². The smallest absolute Gasteiger partial charge is 0.249 e. The van der Waals surface area contributed by atoms with Gasteiger partial charge < -0.3 is 10.2 Å². The van der Waals surface area contributed by atoms with Gasteiger partial charge in [0.2, 0.25) is 11.8 Å². The highest BCUT2D eigenvalue weighted by Crippen LogP contribution is 2.18. The first-order valence-electron chi connectivity index (χ1n) is 10.4. The molecule has 1 saturated heterocycles. The van der Waals surface area contributed by atoms with Crippen LogP contribution in [0.2, 0.25) is 0 Å². The predicted octanol–water partition coefficient (Wildman–Crippen LogP) is 3.23. The Bertz CT molecular complexity index is 784. The maximum Gasteiger partial charge on any atom is 0.249 e. The summed E-state index contributed by atoms with van der Waals surface area (Å²) in [5.74, 6) is 0.153. The summed E-state index contributed by atoms with van der Waals surface area (Å²) in [6, 6.07) is 19.3. The van der Waals surface area contributed by atoms with Gasteiger partial charge in [-0.15, -0.1) is 0 Å². The fourth-order valence-electron chi connectivity index (χ4n) is 3.67. The lowest BCUT2D eigenvalue weighted by atomic mass is 10.0. The first-order chi connectivity index (χ1) is 14.0. The summed E-state index contributed by atoms with van der Waals surface area (Å²) < 4.78 is 0. The third-order valence-corrected chi connectivity index (χ3v) is 5.21. The number of nitrogens with zero attached hydrogens (tertiary/aromatic N) is 2. The van der Waals surface area contributed by atoms with E-state index < -0.39 is 6.04 Å². The van der Waals surface area contributed by atoms with Gasteiger partial charge in [0.15, 0.2) is 0 Å². The molecule has 29 heavy (non-hydrogen) atoms. The molecule has 1 aliphatic rings. The van der Waals surface area contributed by atoms with Gasteiger partial charge in [0, 0.05) is 39.1 Å². The van der Waals surface area contributed by atoms with Crippen molar-refractivity contribution in [3.8, 4) is 0 Å². The van der Waals surface area contributed by atoms with E-state index in [1.165, 1.54) is 5.56 Å². The van der Waals surface area contributed by atoms with Gasteiger partial charge in [-0.05, 0) is 17.0 Å². The van der Waals surface area contributed by atoms with Crippen LogP contribution < -0.4 is 5.32 Å². The summed E-state index contributed by atoms with van der Waals surface area (Å²) >= 11 is 0. The van der Waals surface area contributed by atoms with E-state index in [4.69, 9.17) is 0 Å². The van der Waals surface area contributed by atoms with Gasteiger partial charge in [0.05, 0.1) is 0 Å². The number of nitrogens with one attached hydrogen (secondary N) is 1. The molecule has 0 bridgehead atoms. The zero-order valence-corrected chi connectivity index (χ0v) is 17.4. The molecule has 0 aromatic heterocycles. The van der Waals surface area contributed by atoms with E-state index >= 15 is 0 Å². The lowest BCUT2D eigenvalue weighted by Crippen LogP contribution is -2.51. The van der Waals surface area contributed by atoms with Gasteiger partial charge in [-0.25, -0.2) is 0 Å². The summed E-state index contributed by atoms with van der Waals surface area (Å²) in [6.45, 7) is 7.93. The van der Waals surface area contributed by atoms with Crippen LogP contribution in [-0.2, 0) is 16.1 Å².